The number of aryl methyl sites for hydroxylation is 1. The maximum absolute atomic E-state index is 8.66. The first-order valence-corrected chi connectivity index (χ1v) is 5.97. The first-order valence-electron chi connectivity index (χ1n) is 5.97. The fraction of sp³-hybridized carbons (Fsp3) is 0.462. The van der Waals surface area contributed by atoms with Crippen molar-refractivity contribution in [2.75, 3.05) is 13.2 Å². The smallest absolute Gasteiger partial charge is 0.192 e. The molecule has 0 atom stereocenters. The van der Waals surface area contributed by atoms with E-state index in [-0.39, 0.29) is 6.61 Å². The average Bonchev–Trinajstić information content (AvgIpc) is 2.68. The molecule has 0 saturated heterocycles. The zero-order chi connectivity index (χ0) is 12.1. The number of aliphatic hydroxyl groups excluding tert-OH is 1. The maximum atomic E-state index is 8.66. The summed E-state index contributed by atoms with van der Waals surface area (Å²) in [7, 11) is 0. The second-order valence-corrected chi connectivity index (χ2v) is 4.14. The highest BCUT2D eigenvalue weighted by atomic mass is 16.3. The topological polar surface area (TPSA) is 58.3 Å². The summed E-state index contributed by atoms with van der Waals surface area (Å²) in [6.45, 7) is 3.88. The summed E-state index contributed by atoms with van der Waals surface area (Å²) in [4.78, 5) is 4.30. The van der Waals surface area contributed by atoms with Crippen molar-refractivity contribution in [2.45, 2.75) is 26.3 Å². The number of fused-ring (bicyclic) bond motifs is 1. The van der Waals surface area contributed by atoms with E-state index >= 15 is 0 Å². The van der Waals surface area contributed by atoms with Crippen molar-refractivity contribution in [1.29, 1.82) is 0 Å². The van der Waals surface area contributed by atoms with Gasteiger partial charge in [0.1, 0.15) is 5.52 Å². The Balaban J connectivity index is 1.90. The van der Waals surface area contributed by atoms with Crippen LogP contribution in [0.15, 0.2) is 22.6 Å². The molecule has 1 heterocycles. The molecular formula is C13H18N2O2. The molecule has 2 rings (SSSR count). The highest BCUT2D eigenvalue weighted by Crippen LogP contribution is 2.16. The quantitative estimate of drug-likeness (QED) is 0.750. The van der Waals surface area contributed by atoms with Crippen LogP contribution in [0.1, 0.15) is 24.3 Å². The summed E-state index contributed by atoms with van der Waals surface area (Å²) in [5.74, 6) is 0.702. The second kappa shape index (κ2) is 5.80. The Morgan fingerprint density at radius 2 is 2.24 bits per heavy atom. The molecule has 4 nitrogen and oxygen atoms in total. The van der Waals surface area contributed by atoms with Crippen LogP contribution >= 0.6 is 0 Å². The average molecular weight is 234 g/mol. The molecule has 0 aliphatic heterocycles. The molecular weight excluding hydrogens is 216 g/mol. The molecule has 0 aliphatic rings. The van der Waals surface area contributed by atoms with Gasteiger partial charge in [0.15, 0.2) is 11.5 Å². The Labute approximate surface area is 101 Å². The van der Waals surface area contributed by atoms with Crippen molar-refractivity contribution in [1.82, 2.24) is 10.3 Å². The van der Waals surface area contributed by atoms with Gasteiger partial charge in [0.2, 0.25) is 0 Å². The Kier molecular flexibility index (Phi) is 4.12. The van der Waals surface area contributed by atoms with E-state index < -0.39 is 0 Å². The number of aliphatic hydroxyl groups is 1. The Morgan fingerprint density at radius 1 is 1.35 bits per heavy atom. The molecule has 17 heavy (non-hydrogen) atoms. The van der Waals surface area contributed by atoms with E-state index in [1.54, 1.807) is 0 Å². The van der Waals surface area contributed by atoms with Gasteiger partial charge in [-0.1, -0.05) is 6.07 Å². The first kappa shape index (κ1) is 12.1. The van der Waals surface area contributed by atoms with Gasteiger partial charge in [-0.25, -0.2) is 4.98 Å². The molecule has 1 aromatic heterocycles. The first-order chi connectivity index (χ1) is 8.29. The Hall–Kier alpha value is -1.39. The highest BCUT2D eigenvalue weighted by Gasteiger charge is 2.02. The number of nitrogens with one attached hydrogen (secondary N) is 1. The summed E-state index contributed by atoms with van der Waals surface area (Å²) in [6, 6.07) is 6.05. The van der Waals surface area contributed by atoms with Crippen LogP contribution in [0.2, 0.25) is 0 Å². The lowest BCUT2D eigenvalue weighted by atomic mass is 10.2. The molecule has 0 radical (unpaired) electrons. The van der Waals surface area contributed by atoms with Crippen molar-refractivity contribution >= 4 is 11.1 Å². The van der Waals surface area contributed by atoms with Gasteiger partial charge in [0.05, 0.1) is 0 Å². The summed E-state index contributed by atoms with van der Waals surface area (Å²) in [5, 5.41) is 12.0. The molecule has 92 valence electrons. The highest BCUT2D eigenvalue weighted by molar-refractivity contribution is 5.73. The molecule has 2 N–H and O–H groups in total. The van der Waals surface area contributed by atoms with E-state index in [4.69, 9.17) is 9.52 Å². The third kappa shape index (κ3) is 3.28. The molecule has 1 aromatic carbocycles. The predicted molar refractivity (Wildman–Crippen MR) is 66.8 cm³/mol. The number of unbranched alkanes of at least 4 members (excludes halogenated alkanes) is 1. The fourth-order valence-electron chi connectivity index (χ4n) is 1.79. The van der Waals surface area contributed by atoms with Crippen LogP contribution in [-0.2, 0) is 6.54 Å². The number of hydrogen-bond donors (Lipinski definition) is 2. The summed E-state index contributed by atoms with van der Waals surface area (Å²) in [6.07, 6.45) is 1.86. The third-order valence-corrected chi connectivity index (χ3v) is 2.65. The minimum Gasteiger partial charge on any atom is -0.441 e. The van der Waals surface area contributed by atoms with Gasteiger partial charge in [-0.15, -0.1) is 0 Å². The summed E-state index contributed by atoms with van der Waals surface area (Å²) < 4.78 is 5.42. The van der Waals surface area contributed by atoms with Crippen molar-refractivity contribution < 1.29 is 9.52 Å². The number of rotatable bonds is 6. The van der Waals surface area contributed by atoms with Gasteiger partial charge in [-0.3, -0.25) is 0 Å². The second-order valence-electron chi connectivity index (χ2n) is 4.14. The summed E-state index contributed by atoms with van der Waals surface area (Å²) >= 11 is 0. The van der Waals surface area contributed by atoms with Crippen LogP contribution < -0.4 is 5.32 Å². The van der Waals surface area contributed by atoms with Crippen molar-refractivity contribution in [3.63, 3.8) is 0 Å². The van der Waals surface area contributed by atoms with Gasteiger partial charge in [0, 0.05) is 20.1 Å². The molecule has 0 bridgehead atoms. The molecule has 2 aromatic rings. The number of aromatic nitrogens is 1. The number of nitrogens with zero attached hydrogens (tertiary/aromatic N) is 1. The minimum atomic E-state index is 0.270. The molecule has 0 amide bonds. The van der Waals surface area contributed by atoms with Gasteiger partial charge in [0.25, 0.3) is 0 Å². The lowest BCUT2D eigenvalue weighted by molar-refractivity contribution is 0.283. The van der Waals surface area contributed by atoms with E-state index in [0.29, 0.717) is 5.89 Å². The SMILES string of the molecule is Cc1nc2cc(CNCCCCO)ccc2o1. The molecule has 0 unspecified atom stereocenters. The monoisotopic (exact) mass is 234 g/mol. The van der Waals surface area contributed by atoms with Gasteiger partial charge in [-0.05, 0) is 37.1 Å². The van der Waals surface area contributed by atoms with Crippen LogP contribution in [0.3, 0.4) is 0 Å². The largest absolute Gasteiger partial charge is 0.441 e. The minimum absolute atomic E-state index is 0.270. The number of benzene rings is 1. The predicted octanol–water partition coefficient (Wildman–Crippen LogP) is 2.00. The lowest BCUT2D eigenvalue weighted by Crippen LogP contribution is -2.14. The van der Waals surface area contributed by atoms with Crippen molar-refractivity contribution in [2.24, 2.45) is 0 Å². The van der Waals surface area contributed by atoms with Gasteiger partial charge in [-0.2, -0.15) is 0 Å². The van der Waals surface area contributed by atoms with Crippen molar-refractivity contribution in [3.8, 4) is 0 Å². The van der Waals surface area contributed by atoms with Crippen LogP contribution in [0, 0.1) is 6.92 Å². The van der Waals surface area contributed by atoms with Crippen molar-refractivity contribution in [3.05, 3.63) is 29.7 Å². The maximum Gasteiger partial charge on any atom is 0.192 e. The van der Waals surface area contributed by atoms with E-state index in [1.165, 1.54) is 5.56 Å². The molecule has 0 saturated carbocycles. The zero-order valence-electron chi connectivity index (χ0n) is 10.1. The van der Waals surface area contributed by atoms with E-state index in [0.717, 1.165) is 37.0 Å². The Morgan fingerprint density at radius 3 is 3.06 bits per heavy atom. The third-order valence-electron chi connectivity index (χ3n) is 2.65. The van der Waals surface area contributed by atoms with Crippen LogP contribution in [-0.4, -0.2) is 23.2 Å². The van der Waals surface area contributed by atoms with E-state index in [9.17, 15) is 0 Å². The van der Waals surface area contributed by atoms with Gasteiger partial charge >= 0.3 is 0 Å². The standard InChI is InChI=1S/C13H18N2O2/c1-10-15-12-8-11(4-5-13(12)17-10)9-14-6-2-3-7-16/h4-5,8,14,16H,2-3,6-7,9H2,1H3. The normalized spacial score (nSPS) is 11.2. The van der Waals surface area contributed by atoms with Crippen LogP contribution in [0.25, 0.3) is 11.1 Å². The zero-order valence-corrected chi connectivity index (χ0v) is 10.1. The molecule has 0 spiro atoms. The Bertz CT molecular complexity index is 479. The van der Waals surface area contributed by atoms with Crippen LogP contribution in [0.5, 0.6) is 0 Å². The summed E-state index contributed by atoms with van der Waals surface area (Å²) in [5.41, 5.74) is 2.96. The van der Waals surface area contributed by atoms with E-state index in [2.05, 4.69) is 10.3 Å². The van der Waals surface area contributed by atoms with Crippen LogP contribution in [0.4, 0.5) is 0 Å². The molecule has 4 heteroatoms. The van der Waals surface area contributed by atoms with E-state index in [1.807, 2.05) is 25.1 Å². The van der Waals surface area contributed by atoms with Gasteiger partial charge < -0.3 is 14.8 Å². The fourth-order valence-corrected chi connectivity index (χ4v) is 1.79. The number of oxazole rings is 1. The molecule has 0 fully saturated rings. The lowest BCUT2D eigenvalue weighted by Gasteiger charge is -2.03. The molecule has 0 aliphatic carbocycles. The number of hydrogen-bond acceptors (Lipinski definition) is 4.